The number of urea groups is 1. The monoisotopic (exact) mass is 299 g/mol. The average Bonchev–Trinajstić information content (AvgIpc) is 2.22. The molecule has 0 atom stereocenters. The number of hydrogen-bond acceptors (Lipinski definition) is 3. The highest BCUT2D eigenvalue weighted by Gasteiger charge is 2.05. The maximum absolute atomic E-state index is 11.2. The Morgan fingerprint density at radius 2 is 1.82 bits per heavy atom. The Labute approximate surface area is 108 Å². The summed E-state index contributed by atoms with van der Waals surface area (Å²) in [6.07, 6.45) is 0. The van der Waals surface area contributed by atoms with Crippen LogP contribution in [0, 0.1) is 13.8 Å². The lowest BCUT2D eigenvalue weighted by atomic mass is 10.1. The minimum atomic E-state index is -0.847. The number of rotatable bonds is 3. The molecule has 0 fully saturated rings. The van der Waals surface area contributed by atoms with Gasteiger partial charge in [0.2, 0.25) is 5.91 Å². The number of imide groups is 1. The maximum atomic E-state index is 11.2. The molecule has 0 spiro atoms. The van der Waals surface area contributed by atoms with E-state index in [9.17, 15) is 9.59 Å². The first-order valence-electron chi connectivity index (χ1n) is 5.00. The van der Waals surface area contributed by atoms with Gasteiger partial charge in [0.25, 0.3) is 0 Å². The molecule has 0 unspecified atom stereocenters. The van der Waals surface area contributed by atoms with E-state index in [4.69, 9.17) is 5.73 Å². The molecule has 0 aliphatic carbocycles. The molecule has 5 nitrogen and oxygen atoms in total. The van der Waals surface area contributed by atoms with Crippen molar-refractivity contribution >= 4 is 33.6 Å². The van der Waals surface area contributed by atoms with Crippen molar-refractivity contribution in [3.05, 3.63) is 27.7 Å². The van der Waals surface area contributed by atoms with Crippen LogP contribution in [0.4, 0.5) is 10.5 Å². The molecule has 0 saturated heterocycles. The Bertz CT molecular complexity index is 437. The van der Waals surface area contributed by atoms with Crippen molar-refractivity contribution in [2.45, 2.75) is 13.8 Å². The number of benzene rings is 1. The first-order valence-corrected chi connectivity index (χ1v) is 5.79. The van der Waals surface area contributed by atoms with Crippen molar-refractivity contribution in [2.24, 2.45) is 5.73 Å². The minimum absolute atomic E-state index is 0.00342. The number of hydrogen-bond donors (Lipinski definition) is 3. The summed E-state index contributed by atoms with van der Waals surface area (Å²) in [4.78, 5) is 21.6. The van der Waals surface area contributed by atoms with Gasteiger partial charge >= 0.3 is 6.03 Å². The number of carbonyl (C=O) groups excluding carboxylic acids is 2. The zero-order valence-electron chi connectivity index (χ0n) is 9.63. The normalized spacial score (nSPS) is 9.82. The van der Waals surface area contributed by atoms with Crippen molar-refractivity contribution in [2.75, 3.05) is 11.9 Å². The second-order valence-electron chi connectivity index (χ2n) is 3.69. The minimum Gasteiger partial charge on any atom is -0.376 e. The van der Waals surface area contributed by atoms with Crippen molar-refractivity contribution in [1.82, 2.24) is 5.32 Å². The van der Waals surface area contributed by atoms with E-state index in [2.05, 4.69) is 21.2 Å². The quantitative estimate of drug-likeness (QED) is 0.794. The standard InChI is InChI=1S/C11H14BrN3O2/c1-6-3-8(4-7(2)10(6)12)14-5-9(16)15-11(13)17/h3-4,14H,5H2,1-2H3,(H3,13,15,16,17). The average molecular weight is 300 g/mol. The van der Waals surface area contributed by atoms with E-state index >= 15 is 0 Å². The molecule has 0 saturated carbocycles. The number of nitrogens with one attached hydrogen (secondary N) is 2. The second kappa shape index (κ2) is 5.67. The smallest absolute Gasteiger partial charge is 0.318 e. The zero-order valence-corrected chi connectivity index (χ0v) is 11.2. The Hall–Kier alpha value is -1.56. The molecule has 0 aromatic heterocycles. The lowest BCUT2D eigenvalue weighted by Gasteiger charge is -2.10. The van der Waals surface area contributed by atoms with Gasteiger partial charge in [-0.3, -0.25) is 10.1 Å². The third kappa shape index (κ3) is 4.07. The van der Waals surface area contributed by atoms with Crippen molar-refractivity contribution in [3.63, 3.8) is 0 Å². The first-order chi connectivity index (χ1) is 7.90. The highest BCUT2D eigenvalue weighted by molar-refractivity contribution is 9.10. The van der Waals surface area contributed by atoms with E-state index < -0.39 is 11.9 Å². The molecule has 4 N–H and O–H groups in total. The number of amides is 3. The van der Waals surface area contributed by atoms with Gasteiger partial charge in [-0.15, -0.1) is 0 Å². The van der Waals surface area contributed by atoms with Crippen LogP contribution in [0.5, 0.6) is 0 Å². The van der Waals surface area contributed by atoms with Crippen LogP contribution >= 0.6 is 15.9 Å². The summed E-state index contributed by atoms with van der Waals surface area (Å²) in [6, 6.07) is 2.98. The molecule has 6 heteroatoms. The van der Waals surface area contributed by atoms with Gasteiger partial charge in [-0.1, -0.05) is 15.9 Å². The van der Waals surface area contributed by atoms with E-state index in [0.717, 1.165) is 21.3 Å². The van der Waals surface area contributed by atoms with Crippen molar-refractivity contribution in [1.29, 1.82) is 0 Å². The molecule has 0 bridgehead atoms. The Morgan fingerprint density at radius 1 is 1.29 bits per heavy atom. The lowest BCUT2D eigenvalue weighted by Crippen LogP contribution is -2.38. The largest absolute Gasteiger partial charge is 0.376 e. The number of nitrogens with two attached hydrogens (primary N) is 1. The fourth-order valence-corrected chi connectivity index (χ4v) is 1.64. The van der Waals surface area contributed by atoms with Crippen LogP contribution in [-0.2, 0) is 4.79 Å². The molecule has 92 valence electrons. The molecule has 17 heavy (non-hydrogen) atoms. The molecule has 3 amide bonds. The molecule has 1 aromatic rings. The zero-order chi connectivity index (χ0) is 13.0. The number of carbonyl (C=O) groups is 2. The van der Waals surface area contributed by atoms with Crippen molar-refractivity contribution < 1.29 is 9.59 Å². The van der Waals surface area contributed by atoms with E-state index in [1.54, 1.807) is 0 Å². The lowest BCUT2D eigenvalue weighted by molar-refractivity contribution is -0.118. The van der Waals surface area contributed by atoms with E-state index in [1.807, 2.05) is 31.3 Å². The van der Waals surface area contributed by atoms with Gasteiger partial charge in [0, 0.05) is 10.2 Å². The molecule has 1 rings (SSSR count). The van der Waals surface area contributed by atoms with Crippen LogP contribution in [0.3, 0.4) is 0 Å². The van der Waals surface area contributed by atoms with Gasteiger partial charge in [-0.25, -0.2) is 4.79 Å². The predicted octanol–water partition coefficient (Wildman–Crippen LogP) is 1.67. The summed E-state index contributed by atoms with van der Waals surface area (Å²) in [7, 11) is 0. The highest BCUT2D eigenvalue weighted by atomic mass is 79.9. The predicted molar refractivity (Wildman–Crippen MR) is 69.8 cm³/mol. The van der Waals surface area contributed by atoms with Gasteiger partial charge in [0.05, 0.1) is 6.54 Å². The van der Waals surface area contributed by atoms with Gasteiger partial charge in [-0.05, 0) is 37.1 Å². The van der Waals surface area contributed by atoms with E-state index in [1.165, 1.54) is 0 Å². The third-order valence-corrected chi connectivity index (χ3v) is 3.40. The highest BCUT2D eigenvalue weighted by Crippen LogP contribution is 2.24. The SMILES string of the molecule is Cc1cc(NCC(=O)NC(N)=O)cc(C)c1Br. The van der Waals surface area contributed by atoms with Crippen molar-refractivity contribution in [3.8, 4) is 0 Å². The van der Waals surface area contributed by atoms with Gasteiger partial charge < -0.3 is 11.1 Å². The number of halogens is 1. The number of anilines is 1. The number of primary amides is 1. The maximum Gasteiger partial charge on any atom is 0.318 e. The van der Waals surface area contributed by atoms with Crippen LogP contribution in [0.1, 0.15) is 11.1 Å². The van der Waals surface area contributed by atoms with Crippen LogP contribution in [0.2, 0.25) is 0 Å². The summed E-state index contributed by atoms with van der Waals surface area (Å²) >= 11 is 3.46. The molecule has 0 heterocycles. The summed E-state index contributed by atoms with van der Waals surface area (Å²) in [6.45, 7) is 3.93. The topological polar surface area (TPSA) is 84.2 Å². The van der Waals surface area contributed by atoms with Crippen LogP contribution in [0.15, 0.2) is 16.6 Å². The van der Waals surface area contributed by atoms with E-state index in [-0.39, 0.29) is 6.54 Å². The van der Waals surface area contributed by atoms with Gasteiger partial charge in [0.15, 0.2) is 0 Å². The Morgan fingerprint density at radius 3 is 2.29 bits per heavy atom. The first kappa shape index (κ1) is 13.5. The molecule has 1 aromatic carbocycles. The molecule has 0 aliphatic rings. The van der Waals surface area contributed by atoms with Gasteiger partial charge in [0.1, 0.15) is 0 Å². The van der Waals surface area contributed by atoms with Crippen LogP contribution in [0.25, 0.3) is 0 Å². The summed E-state index contributed by atoms with van der Waals surface area (Å²) < 4.78 is 1.05. The summed E-state index contributed by atoms with van der Waals surface area (Å²) in [5.41, 5.74) is 7.79. The van der Waals surface area contributed by atoms with Crippen LogP contribution < -0.4 is 16.4 Å². The van der Waals surface area contributed by atoms with Crippen LogP contribution in [-0.4, -0.2) is 18.5 Å². The molecule has 0 radical (unpaired) electrons. The second-order valence-corrected chi connectivity index (χ2v) is 4.48. The summed E-state index contributed by atoms with van der Waals surface area (Å²) in [5.74, 6) is -0.462. The Kier molecular flexibility index (Phi) is 4.51. The Balaban J connectivity index is 2.64. The van der Waals surface area contributed by atoms with E-state index in [0.29, 0.717) is 0 Å². The number of aryl methyl sites for hydroxylation is 2. The third-order valence-electron chi connectivity index (χ3n) is 2.15. The summed E-state index contributed by atoms with van der Waals surface area (Å²) in [5, 5.41) is 4.90. The fraction of sp³-hybridized carbons (Fsp3) is 0.273. The molecular weight excluding hydrogens is 286 g/mol. The van der Waals surface area contributed by atoms with Gasteiger partial charge in [-0.2, -0.15) is 0 Å². The molecule has 0 aliphatic heterocycles. The fourth-order valence-electron chi connectivity index (χ4n) is 1.41. The molecular formula is C11H14BrN3O2.